The van der Waals surface area contributed by atoms with Gasteiger partial charge in [0.1, 0.15) is 11.4 Å². The molecule has 1 N–H and O–H groups in total. The van der Waals surface area contributed by atoms with Crippen LogP contribution in [0.15, 0.2) is 48.7 Å². The summed E-state index contributed by atoms with van der Waals surface area (Å²) in [6, 6.07) is 13.7. The topological polar surface area (TPSA) is 68.1 Å². The van der Waals surface area contributed by atoms with E-state index in [-0.39, 0.29) is 5.91 Å². The number of benzene rings is 1. The van der Waals surface area contributed by atoms with Crippen molar-refractivity contribution >= 4 is 11.6 Å². The zero-order valence-corrected chi connectivity index (χ0v) is 15.9. The second-order valence-corrected chi connectivity index (χ2v) is 6.70. The molecule has 28 heavy (non-hydrogen) atoms. The predicted octanol–water partition coefficient (Wildman–Crippen LogP) is 2.11. The van der Waals surface area contributed by atoms with Crippen LogP contribution in [0.3, 0.4) is 0 Å². The van der Waals surface area contributed by atoms with E-state index < -0.39 is 0 Å². The average molecular weight is 380 g/mol. The molecular weight excluding hydrogens is 356 g/mol. The maximum absolute atomic E-state index is 13.1. The van der Waals surface area contributed by atoms with Gasteiger partial charge in [-0.25, -0.2) is 4.98 Å². The van der Waals surface area contributed by atoms with Crippen molar-refractivity contribution in [3.05, 3.63) is 65.6 Å². The van der Waals surface area contributed by atoms with Gasteiger partial charge < -0.3 is 24.1 Å². The summed E-state index contributed by atoms with van der Waals surface area (Å²) in [6.07, 6.45) is 1.95. The Balaban J connectivity index is 1.55. The smallest absolute Gasteiger partial charge is 0.274 e. The summed E-state index contributed by atoms with van der Waals surface area (Å²) >= 11 is 0. The quantitative estimate of drug-likeness (QED) is 0.709. The highest BCUT2D eigenvalue weighted by molar-refractivity contribution is 5.94. The van der Waals surface area contributed by atoms with Crippen molar-refractivity contribution in [2.24, 2.45) is 0 Å². The van der Waals surface area contributed by atoms with Gasteiger partial charge in [-0.15, -0.1) is 0 Å². The largest absolute Gasteiger partial charge is 0.497 e. The maximum atomic E-state index is 13.1. The van der Waals surface area contributed by atoms with Gasteiger partial charge in [-0.2, -0.15) is 0 Å². The monoisotopic (exact) mass is 380 g/mol. The highest BCUT2D eigenvalue weighted by Gasteiger charge is 2.25. The summed E-state index contributed by atoms with van der Waals surface area (Å²) in [4.78, 5) is 19.5. The molecule has 1 amide bonds. The molecule has 4 rings (SSSR count). The van der Waals surface area contributed by atoms with Gasteiger partial charge in [-0.1, -0.05) is 18.2 Å². The minimum absolute atomic E-state index is 0.0369. The molecule has 1 aliphatic heterocycles. The van der Waals surface area contributed by atoms with E-state index >= 15 is 0 Å². The molecule has 0 radical (unpaired) electrons. The molecule has 1 fully saturated rings. The molecule has 3 heterocycles. The molecule has 146 valence electrons. The predicted molar refractivity (Wildman–Crippen MR) is 105 cm³/mol. The molecule has 1 aliphatic rings. The summed E-state index contributed by atoms with van der Waals surface area (Å²) in [7, 11) is 1.66. The summed E-state index contributed by atoms with van der Waals surface area (Å²) in [5.41, 5.74) is 3.27. The van der Waals surface area contributed by atoms with Gasteiger partial charge in [0, 0.05) is 32.4 Å². The van der Waals surface area contributed by atoms with E-state index in [1.807, 2.05) is 58.0 Å². The number of hydrogen-bond donors (Lipinski definition) is 1. The SMILES string of the molecule is COc1cccc(CNCc2c(C(=O)N3CCOCC3)nc3ccccn23)c1. The van der Waals surface area contributed by atoms with Gasteiger partial charge in [0.2, 0.25) is 0 Å². The van der Waals surface area contributed by atoms with E-state index in [1.54, 1.807) is 7.11 Å². The van der Waals surface area contributed by atoms with Crippen LogP contribution >= 0.6 is 0 Å². The zero-order valence-electron chi connectivity index (χ0n) is 15.9. The fraction of sp³-hybridized carbons (Fsp3) is 0.333. The third kappa shape index (κ3) is 3.85. The molecule has 2 aromatic heterocycles. The standard InChI is InChI=1S/C21H24N4O3/c1-27-17-6-4-5-16(13-17)14-22-15-18-20(21(26)24-9-11-28-12-10-24)23-19-7-2-3-8-25(18)19/h2-8,13,22H,9-12,14-15H2,1H3. The lowest BCUT2D eigenvalue weighted by atomic mass is 10.2. The van der Waals surface area contributed by atoms with E-state index in [4.69, 9.17) is 9.47 Å². The summed E-state index contributed by atoms with van der Waals surface area (Å²) < 4.78 is 12.6. The molecule has 7 nitrogen and oxygen atoms in total. The van der Waals surface area contributed by atoms with Crippen LogP contribution in [0.4, 0.5) is 0 Å². The van der Waals surface area contributed by atoms with E-state index in [9.17, 15) is 4.79 Å². The Hall–Kier alpha value is -2.90. The Bertz CT molecular complexity index is 963. The van der Waals surface area contributed by atoms with Crippen LogP contribution in [0.5, 0.6) is 5.75 Å². The van der Waals surface area contributed by atoms with Gasteiger partial charge in [0.05, 0.1) is 26.0 Å². The van der Waals surface area contributed by atoms with E-state index in [2.05, 4.69) is 10.3 Å². The first-order valence-electron chi connectivity index (χ1n) is 9.43. The lowest BCUT2D eigenvalue weighted by molar-refractivity contribution is 0.0298. The van der Waals surface area contributed by atoms with Gasteiger partial charge in [0.25, 0.3) is 5.91 Å². The number of nitrogens with one attached hydrogen (secondary N) is 1. The molecule has 0 saturated carbocycles. The van der Waals surface area contributed by atoms with Crippen LogP contribution in [0.25, 0.3) is 5.65 Å². The Labute approximate surface area is 163 Å². The van der Waals surface area contributed by atoms with Crippen LogP contribution in [-0.4, -0.2) is 53.6 Å². The minimum atomic E-state index is -0.0369. The van der Waals surface area contributed by atoms with Crippen molar-refractivity contribution in [3.8, 4) is 5.75 Å². The van der Waals surface area contributed by atoms with Gasteiger partial charge in [0.15, 0.2) is 5.69 Å². The fourth-order valence-corrected chi connectivity index (χ4v) is 3.41. The number of methoxy groups -OCH3 is 1. The number of hydrogen-bond acceptors (Lipinski definition) is 5. The van der Waals surface area contributed by atoms with Gasteiger partial charge in [-0.05, 0) is 29.8 Å². The normalized spacial score (nSPS) is 14.4. The Morgan fingerprint density at radius 3 is 2.86 bits per heavy atom. The lowest BCUT2D eigenvalue weighted by Crippen LogP contribution is -2.41. The van der Waals surface area contributed by atoms with Crippen LogP contribution in [-0.2, 0) is 17.8 Å². The van der Waals surface area contributed by atoms with Crippen LogP contribution in [0.2, 0.25) is 0 Å². The third-order valence-corrected chi connectivity index (χ3v) is 4.89. The van der Waals surface area contributed by atoms with Gasteiger partial charge in [-0.3, -0.25) is 4.79 Å². The van der Waals surface area contributed by atoms with Crippen LogP contribution in [0, 0.1) is 0 Å². The number of aromatic nitrogens is 2. The number of pyridine rings is 1. The van der Waals surface area contributed by atoms with Crippen molar-refractivity contribution in [1.29, 1.82) is 0 Å². The molecule has 0 spiro atoms. The molecule has 0 aliphatic carbocycles. The first-order chi connectivity index (χ1) is 13.8. The number of rotatable bonds is 6. The first-order valence-corrected chi connectivity index (χ1v) is 9.43. The second-order valence-electron chi connectivity index (χ2n) is 6.70. The number of nitrogens with zero attached hydrogens (tertiary/aromatic N) is 3. The Kier molecular flexibility index (Phi) is 5.55. The minimum Gasteiger partial charge on any atom is -0.497 e. The number of imidazole rings is 1. The molecule has 7 heteroatoms. The van der Waals surface area contributed by atoms with E-state index in [0.717, 1.165) is 22.7 Å². The lowest BCUT2D eigenvalue weighted by Gasteiger charge is -2.26. The highest BCUT2D eigenvalue weighted by Crippen LogP contribution is 2.17. The third-order valence-electron chi connectivity index (χ3n) is 4.89. The molecule has 0 unspecified atom stereocenters. The second kappa shape index (κ2) is 8.41. The van der Waals surface area contributed by atoms with E-state index in [1.165, 1.54) is 0 Å². The molecule has 1 aromatic carbocycles. The average Bonchev–Trinajstić information content (AvgIpc) is 3.13. The number of ether oxygens (including phenoxy) is 2. The van der Waals surface area contributed by atoms with Crippen molar-refractivity contribution < 1.29 is 14.3 Å². The number of carbonyl (C=O) groups excluding carboxylic acids is 1. The maximum Gasteiger partial charge on any atom is 0.274 e. The molecule has 3 aromatic rings. The fourth-order valence-electron chi connectivity index (χ4n) is 3.41. The number of amides is 1. The van der Waals surface area contributed by atoms with Crippen molar-refractivity contribution in [2.45, 2.75) is 13.1 Å². The number of fused-ring (bicyclic) bond motifs is 1. The summed E-state index contributed by atoms with van der Waals surface area (Å²) in [5.74, 6) is 0.794. The molecule has 1 saturated heterocycles. The van der Waals surface area contributed by atoms with Gasteiger partial charge >= 0.3 is 0 Å². The van der Waals surface area contributed by atoms with Crippen molar-refractivity contribution in [1.82, 2.24) is 19.6 Å². The van der Waals surface area contributed by atoms with Crippen LogP contribution < -0.4 is 10.1 Å². The summed E-state index contributed by atoms with van der Waals surface area (Å²) in [5, 5.41) is 3.43. The molecule has 0 bridgehead atoms. The molecular formula is C21H24N4O3. The Morgan fingerprint density at radius 2 is 2.04 bits per heavy atom. The number of carbonyl (C=O) groups is 1. The summed E-state index contributed by atoms with van der Waals surface area (Å²) in [6.45, 7) is 3.55. The van der Waals surface area contributed by atoms with Crippen molar-refractivity contribution in [2.75, 3.05) is 33.4 Å². The highest BCUT2D eigenvalue weighted by atomic mass is 16.5. The number of morpholine rings is 1. The molecule has 0 atom stereocenters. The zero-order chi connectivity index (χ0) is 19.3. The first kappa shape index (κ1) is 18.5. The van der Waals surface area contributed by atoms with Crippen LogP contribution in [0.1, 0.15) is 21.7 Å². The van der Waals surface area contributed by atoms with Crippen molar-refractivity contribution in [3.63, 3.8) is 0 Å². The Morgan fingerprint density at radius 1 is 1.18 bits per heavy atom. The van der Waals surface area contributed by atoms with E-state index in [0.29, 0.717) is 45.1 Å².